The Morgan fingerprint density at radius 1 is 0.357 bits per heavy atom. The molecule has 0 aliphatic carbocycles. The van der Waals surface area contributed by atoms with Crippen LogP contribution in [0.4, 0.5) is 0 Å². The topological polar surface area (TPSA) is 80.3 Å². The minimum Gasteiger partial charge on any atom is -1.00 e. The zero-order valence-corrected chi connectivity index (χ0v) is 36.5. The molecule has 0 radical (unpaired) electrons. The standard InChI is InChI=1S/2C18H36O2.Ba.K.H/c2*1-2-3-4-5-6-7-8-9-10-11-12-13-14-15-16-17-18(19)20;;;/h2*2-17H2,1H3,(H,19,20);;;/q;;+2;+1;-1/p-2. The van der Waals surface area contributed by atoms with Gasteiger partial charge in [-0.15, -0.1) is 0 Å². The summed E-state index contributed by atoms with van der Waals surface area (Å²) in [5.74, 6) is -1.81. The average Bonchev–Trinajstić information content (AvgIpc) is 2.93. The summed E-state index contributed by atoms with van der Waals surface area (Å²) in [7, 11) is 0. The molecule has 242 valence electrons. The predicted molar refractivity (Wildman–Crippen MR) is 176 cm³/mol. The molecular formula is C36H71BaKO4. The number of rotatable bonds is 32. The van der Waals surface area contributed by atoms with Gasteiger partial charge in [-0.2, -0.15) is 0 Å². The third-order valence-corrected chi connectivity index (χ3v) is 7.97. The van der Waals surface area contributed by atoms with E-state index >= 15 is 0 Å². The van der Waals surface area contributed by atoms with Gasteiger partial charge in [-0.25, -0.2) is 0 Å². The van der Waals surface area contributed by atoms with Crippen LogP contribution < -0.4 is 61.6 Å². The molecular weight excluding hydrogens is 673 g/mol. The summed E-state index contributed by atoms with van der Waals surface area (Å²) in [4.78, 5) is 20.4. The van der Waals surface area contributed by atoms with Crippen molar-refractivity contribution in [3.8, 4) is 0 Å². The Kier molecular flexibility index (Phi) is 57.7. The summed E-state index contributed by atoms with van der Waals surface area (Å²) in [6.07, 6.45) is 39.7. The van der Waals surface area contributed by atoms with Gasteiger partial charge in [0.1, 0.15) is 0 Å². The molecule has 0 saturated carbocycles. The molecule has 6 heteroatoms. The molecule has 0 aromatic carbocycles. The van der Waals surface area contributed by atoms with E-state index in [2.05, 4.69) is 13.8 Å². The second-order valence-electron chi connectivity index (χ2n) is 12.1. The number of carbonyl (C=O) groups excluding carboxylic acids is 2. The molecule has 0 spiro atoms. The van der Waals surface area contributed by atoms with Crippen LogP contribution in [0.1, 0.15) is 221 Å². The van der Waals surface area contributed by atoms with Crippen molar-refractivity contribution in [2.75, 3.05) is 0 Å². The third-order valence-electron chi connectivity index (χ3n) is 7.97. The van der Waals surface area contributed by atoms with Crippen LogP contribution in [0, 0.1) is 0 Å². The summed E-state index contributed by atoms with van der Waals surface area (Å²) in [5.41, 5.74) is 0. The van der Waals surface area contributed by atoms with Gasteiger partial charge >= 0.3 is 100 Å². The van der Waals surface area contributed by atoms with Gasteiger partial charge in [-0.1, -0.05) is 194 Å². The first kappa shape index (κ1) is 51.0. The van der Waals surface area contributed by atoms with Crippen molar-refractivity contribution in [2.24, 2.45) is 0 Å². The molecule has 0 saturated heterocycles. The van der Waals surface area contributed by atoms with Gasteiger partial charge in [-0.3, -0.25) is 0 Å². The van der Waals surface area contributed by atoms with E-state index in [0.29, 0.717) is 0 Å². The molecule has 0 bridgehead atoms. The molecule has 0 aromatic rings. The smallest absolute Gasteiger partial charge is 1.00 e. The predicted octanol–water partition coefficient (Wildman–Crippen LogP) is 6.73. The Hall–Kier alpha value is 2.15. The van der Waals surface area contributed by atoms with E-state index in [9.17, 15) is 19.8 Å². The molecule has 42 heavy (non-hydrogen) atoms. The first-order chi connectivity index (χ1) is 19.5. The van der Waals surface area contributed by atoms with E-state index in [0.717, 1.165) is 25.7 Å². The number of carboxylic acids is 2. The second kappa shape index (κ2) is 47.6. The van der Waals surface area contributed by atoms with Crippen LogP contribution in [0.3, 0.4) is 0 Å². The fourth-order valence-electron chi connectivity index (χ4n) is 5.28. The van der Waals surface area contributed by atoms with Crippen molar-refractivity contribution in [3.63, 3.8) is 0 Å². The molecule has 0 aromatic heterocycles. The van der Waals surface area contributed by atoms with Crippen molar-refractivity contribution in [3.05, 3.63) is 0 Å². The molecule has 0 atom stereocenters. The van der Waals surface area contributed by atoms with Crippen LogP contribution in [0.2, 0.25) is 0 Å². The van der Waals surface area contributed by atoms with Crippen LogP contribution in [0.25, 0.3) is 0 Å². The zero-order valence-electron chi connectivity index (χ0n) is 30.0. The number of carbonyl (C=O) groups is 2. The van der Waals surface area contributed by atoms with Crippen molar-refractivity contribution >= 4 is 60.8 Å². The maximum atomic E-state index is 10.2. The van der Waals surface area contributed by atoms with E-state index in [1.165, 1.54) is 167 Å². The van der Waals surface area contributed by atoms with Gasteiger partial charge in [0.2, 0.25) is 0 Å². The quantitative estimate of drug-likeness (QED) is 0.0566. The Morgan fingerprint density at radius 2 is 0.500 bits per heavy atom. The first-order valence-electron chi connectivity index (χ1n) is 17.9. The van der Waals surface area contributed by atoms with Crippen molar-refractivity contribution in [1.29, 1.82) is 0 Å². The van der Waals surface area contributed by atoms with Gasteiger partial charge in [0.15, 0.2) is 0 Å². The zero-order chi connectivity index (χ0) is 29.8. The van der Waals surface area contributed by atoms with Crippen molar-refractivity contribution in [1.82, 2.24) is 0 Å². The maximum Gasteiger partial charge on any atom is 2.00 e. The van der Waals surface area contributed by atoms with Crippen LogP contribution in [0.15, 0.2) is 0 Å². The first-order valence-corrected chi connectivity index (χ1v) is 17.9. The summed E-state index contributed by atoms with van der Waals surface area (Å²) in [5, 5.41) is 20.4. The molecule has 0 aliphatic rings. The average molecular weight is 744 g/mol. The fraction of sp³-hybridized carbons (Fsp3) is 0.944. The van der Waals surface area contributed by atoms with Crippen LogP contribution >= 0.6 is 0 Å². The van der Waals surface area contributed by atoms with Crippen LogP contribution in [-0.2, 0) is 9.59 Å². The Morgan fingerprint density at radius 3 is 0.643 bits per heavy atom. The minimum absolute atomic E-state index is 0. The molecule has 0 fully saturated rings. The van der Waals surface area contributed by atoms with Gasteiger partial charge in [0.25, 0.3) is 0 Å². The Labute approximate surface area is 347 Å². The van der Waals surface area contributed by atoms with E-state index < -0.39 is 11.9 Å². The monoisotopic (exact) mass is 744 g/mol. The van der Waals surface area contributed by atoms with Crippen LogP contribution in [-0.4, -0.2) is 60.8 Å². The van der Waals surface area contributed by atoms with E-state index in [4.69, 9.17) is 0 Å². The third kappa shape index (κ3) is 54.6. The summed E-state index contributed by atoms with van der Waals surface area (Å²) in [6.45, 7) is 4.53. The molecule has 0 amide bonds. The van der Waals surface area contributed by atoms with Crippen molar-refractivity contribution < 1.29 is 72.6 Å². The van der Waals surface area contributed by atoms with E-state index in [1.54, 1.807) is 0 Å². The number of carboxylic acid groups (broad SMARTS) is 2. The van der Waals surface area contributed by atoms with Gasteiger partial charge in [-0.05, 0) is 25.7 Å². The minimum atomic E-state index is -0.903. The second-order valence-corrected chi connectivity index (χ2v) is 12.1. The number of hydrogen-bond donors (Lipinski definition) is 0. The van der Waals surface area contributed by atoms with Gasteiger partial charge < -0.3 is 21.2 Å². The molecule has 0 N–H and O–H groups in total. The number of hydrogen-bond acceptors (Lipinski definition) is 4. The Balaban J connectivity index is -0.000000209. The number of aliphatic carboxylic acids is 2. The van der Waals surface area contributed by atoms with Gasteiger partial charge in [0.05, 0.1) is 0 Å². The van der Waals surface area contributed by atoms with Crippen molar-refractivity contribution in [2.45, 2.75) is 219 Å². The molecule has 4 nitrogen and oxygen atoms in total. The molecule has 0 unspecified atom stereocenters. The summed E-state index contributed by atoms with van der Waals surface area (Å²) < 4.78 is 0. The summed E-state index contributed by atoms with van der Waals surface area (Å²) >= 11 is 0. The maximum absolute atomic E-state index is 10.2. The molecule has 0 aliphatic heterocycles. The number of unbranched alkanes of at least 4 members (excludes halogenated alkanes) is 28. The summed E-state index contributed by atoms with van der Waals surface area (Å²) in [6, 6.07) is 0. The normalized spacial score (nSPS) is 10.3. The SMILES string of the molecule is CCCCCCCCCCCCCCCCCC(=O)[O-].CCCCCCCCCCCCCCCCCC(=O)[O-].[Ba+2].[H-].[K+]. The molecule has 0 rings (SSSR count). The van der Waals surface area contributed by atoms with E-state index in [1.807, 2.05) is 0 Å². The fourth-order valence-corrected chi connectivity index (χ4v) is 5.28. The largest absolute Gasteiger partial charge is 2.00 e. The Bertz CT molecular complexity index is 468. The van der Waals surface area contributed by atoms with Crippen LogP contribution in [0.5, 0.6) is 0 Å². The van der Waals surface area contributed by atoms with Gasteiger partial charge in [0, 0.05) is 11.9 Å². The van der Waals surface area contributed by atoms with E-state index in [-0.39, 0.29) is 115 Å². The molecule has 0 heterocycles.